The largest absolute Gasteiger partial charge is 0.419 e. The van der Waals surface area contributed by atoms with Gasteiger partial charge in [0.2, 0.25) is 5.95 Å². The molecule has 2 saturated heterocycles. The quantitative estimate of drug-likeness (QED) is 0.430. The summed E-state index contributed by atoms with van der Waals surface area (Å²) >= 11 is 0. The molecule has 1 unspecified atom stereocenters. The third kappa shape index (κ3) is 3.93. The van der Waals surface area contributed by atoms with Crippen molar-refractivity contribution < 1.29 is 17.7 Å². The molecule has 2 N–H and O–H groups in total. The molecule has 0 spiro atoms. The van der Waals surface area contributed by atoms with E-state index < -0.39 is 11.7 Å². The number of nitrogens with one attached hydrogen (secondary N) is 2. The lowest BCUT2D eigenvalue weighted by Crippen LogP contribution is -2.41. The van der Waals surface area contributed by atoms with Gasteiger partial charge in [0, 0.05) is 42.5 Å². The summed E-state index contributed by atoms with van der Waals surface area (Å²) in [5.41, 5.74) is 1.81. The Morgan fingerprint density at radius 3 is 2.77 bits per heavy atom. The third-order valence-corrected chi connectivity index (χ3v) is 6.98. The summed E-state index contributed by atoms with van der Waals surface area (Å²) in [6.45, 7) is 6.62. The number of anilines is 1. The molecule has 2 fully saturated rings. The predicted octanol–water partition coefficient (Wildman–Crippen LogP) is 4.82. The zero-order valence-corrected chi connectivity index (χ0v) is 19.3. The highest BCUT2D eigenvalue weighted by Gasteiger charge is 2.37. The number of aromatic amines is 1. The number of aryl methyl sites for hydroxylation is 2. The summed E-state index contributed by atoms with van der Waals surface area (Å²) in [5, 5.41) is 7.77. The van der Waals surface area contributed by atoms with E-state index in [1.165, 1.54) is 6.20 Å². The number of fused-ring (bicyclic) bond motifs is 3. The zero-order chi connectivity index (χ0) is 24.3. The molecule has 0 saturated carbocycles. The number of hydrogen-bond acceptors (Lipinski definition) is 7. The molecule has 4 aromatic heterocycles. The zero-order valence-electron chi connectivity index (χ0n) is 19.3. The van der Waals surface area contributed by atoms with Crippen LogP contribution in [0.4, 0.5) is 19.1 Å². The molecule has 6 heterocycles. The lowest BCUT2D eigenvalue weighted by atomic mass is 9.97. The molecule has 2 aliphatic rings. The molecule has 0 aliphatic carbocycles. The molecular formula is C24H24F3N7O. The van der Waals surface area contributed by atoms with E-state index in [4.69, 9.17) is 4.52 Å². The van der Waals surface area contributed by atoms with Crippen LogP contribution in [0.5, 0.6) is 0 Å². The fraction of sp³-hybridized carbons (Fsp3) is 0.417. The van der Waals surface area contributed by atoms with Crippen LogP contribution >= 0.6 is 0 Å². The van der Waals surface area contributed by atoms with Crippen LogP contribution in [0.15, 0.2) is 29.0 Å². The second-order valence-corrected chi connectivity index (χ2v) is 9.44. The molecule has 0 amide bonds. The van der Waals surface area contributed by atoms with E-state index in [1.807, 2.05) is 6.92 Å². The number of halogens is 3. The number of piperidine rings is 1. The first-order valence-electron chi connectivity index (χ1n) is 11.6. The van der Waals surface area contributed by atoms with Gasteiger partial charge in [0.1, 0.15) is 17.0 Å². The fourth-order valence-electron chi connectivity index (χ4n) is 5.40. The lowest BCUT2D eigenvalue weighted by Gasteiger charge is -2.30. The number of alkyl halides is 3. The van der Waals surface area contributed by atoms with E-state index in [1.54, 1.807) is 19.1 Å². The third-order valence-electron chi connectivity index (χ3n) is 6.98. The summed E-state index contributed by atoms with van der Waals surface area (Å²) in [6, 6.07) is 3.62. The molecule has 11 heteroatoms. The Kier molecular flexibility index (Phi) is 5.06. The van der Waals surface area contributed by atoms with Crippen LogP contribution in [0.25, 0.3) is 33.5 Å². The number of pyridine rings is 1. The van der Waals surface area contributed by atoms with Gasteiger partial charge in [0.05, 0.1) is 22.6 Å². The van der Waals surface area contributed by atoms with E-state index in [0.717, 1.165) is 44.2 Å². The smallest absolute Gasteiger partial charge is 0.361 e. The first-order chi connectivity index (χ1) is 16.8. The Morgan fingerprint density at radius 1 is 1.17 bits per heavy atom. The minimum atomic E-state index is -4.60. The molecule has 182 valence electrons. The van der Waals surface area contributed by atoms with E-state index in [9.17, 15) is 13.2 Å². The van der Waals surface area contributed by atoms with Crippen LogP contribution in [0.1, 0.15) is 29.9 Å². The van der Waals surface area contributed by atoms with Crippen molar-refractivity contribution in [1.29, 1.82) is 0 Å². The summed E-state index contributed by atoms with van der Waals surface area (Å²) < 4.78 is 47.0. The summed E-state index contributed by atoms with van der Waals surface area (Å²) in [6.07, 6.45) is -0.0834. The second kappa shape index (κ2) is 8.04. The topological polar surface area (TPSA) is 95.8 Å². The maximum Gasteiger partial charge on any atom is 0.419 e. The Morgan fingerprint density at radius 2 is 2.03 bits per heavy atom. The monoisotopic (exact) mass is 483 g/mol. The van der Waals surface area contributed by atoms with E-state index in [-0.39, 0.29) is 17.7 Å². The molecule has 35 heavy (non-hydrogen) atoms. The Labute approximate surface area is 199 Å². The van der Waals surface area contributed by atoms with Gasteiger partial charge in [0.15, 0.2) is 0 Å². The molecule has 4 aromatic rings. The lowest BCUT2D eigenvalue weighted by molar-refractivity contribution is -0.137. The van der Waals surface area contributed by atoms with Crippen LogP contribution in [0.2, 0.25) is 0 Å². The van der Waals surface area contributed by atoms with E-state index >= 15 is 0 Å². The normalized spacial score (nSPS) is 22.1. The van der Waals surface area contributed by atoms with Gasteiger partial charge in [-0.3, -0.25) is 0 Å². The van der Waals surface area contributed by atoms with Gasteiger partial charge >= 0.3 is 6.18 Å². The highest BCUT2D eigenvalue weighted by Crippen LogP contribution is 2.39. The van der Waals surface area contributed by atoms with Gasteiger partial charge < -0.3 is 19.7 Å². The van der Waals surface area contributed by atoms with Crippen molar-refractivity contribution in [3.05, 3.63) is 41.5 Å². The van der Waals surface area contributed by atoms with Crippen molar-refractivity contribution in [2.45, 2.75) is 38.9 Å². The molecule has 2 bridgehead atoms. The van der Waals surface area contributed by atoms with Gasteiger partial charge in [0.25, 0.3) is 0 Å². The van der Waals surface area contributed by atoms with E-state index in [0.29, 0.717) is 39.7 Å². The summed E-state index contributed by atoms with van der Waals surface area (Å²) in [7, 11) is 0. The van der Waals surface area contributed by atoms with E-state index in [2.05, 4.69) is 35.3 Å². The van der Waals surface area contributed by atoms with Crippen LogP contribution in [-0.4, -0.2) is 55.7 Å². The summed E-state index contributed by atoms with van der Waals surface area (Å²) in [5.74, 6) is 1.44. The van der Waals surface area contributed by atoms with Gasteiger partial charge in [-0.25, -0.2) is 15.0 Å². The predicted molar refractivity (Wildman–Crippen MR) is 124 cm³/mol. The van der Waals surface area contributed by atoms with Crippen molar-refractivity contribution in [2.24, 2.45) is 5.92 Å². The number of hydrogen-bond donors (Lipinski definition) is 2. The minimum absolute atomic E-state index is 0.114. The van der Waals surface area contributed by atoms with Crippen molar-refractivity contribution in [3.8, 4) is 22.5 Å². The highest BCUT2D eigenvalue weighted by atomic mass is 19.4. The number of aromatic nitrogens is 5. The summed E-state index contributed by atoms with van der Waals surface area (Å²) in [4.78, 5) is 18.4. The van der Waals surface area contributed by atoms with Gasteiger partial charge in [-0.05, 0) is 51.3 Å². The molecular weight excluding hydrogens is 459 g/mol. The number of H-pyrrole nitrogens is 1. The van der Waals surface area contributed by atoms with Crippen LogP contribution in [0, 0.1) is 19.8 Å². The highest BCUT2D eigenvalue weighted by molar-refractivity contribution is 5.94. The SMILES string of the molecule is Cc1noc(C)c1-c1ccc2c(-c3nc(N[C@@H]4C[C@@H]5CCN(C5)C4)ncc3C(F)(F)F)c[nH]c2n1. The molecule has 2 aliphatic heterocycles. The number of nitrogens with zero attached hydrogens (tertiary/aromatic N) is 5. The van der Waals surface area contributed by atoms with Crippen molar-refractivity contribution in [3.63, 3.8) is 0 Å². The first-order valence-corrected chi connectivity index (χ1v) is 11.6. The van der Waals surface area contributed by atoms with Crippen LogP contribution < -0.4 is 5.32 Å². The average molecular weight is 483 g/mol. The Bertz CT molecular complexity index is 1380. The van der Waals surface area contributed by atoms with Crippen molar-refractivity contribution in [2.75, 3.05) is 25.0 Å². The second-order valence-electron chi connectivity index (χ2n) is 9.44. The molecule has 0 aromatic carbocycles. The van der Waals surface area contributed by atoms with Crippen molar-refractivity contribution in [1.82, 2.24) is 30.0 Å². The van der Waals surface area contributed by atoms with Gasteiger partial charge in [-0.15, -0.1) is 0 Å². The van der Waals surface area contributed by atoms with Crippen LogP contribution in [0.3, 0.4) is 0 Å². The molecule has 8 nitrogen and oxygen atoms in total. The maximum atomic E-state index is 13.9. The standard InChI is InChI=1S/C24H24F3N7O/c1-12-20(13(2)35-33-12)19-4-3-16-17(8-28-22(16)31-19)21-18(24(25,26)27)9-29-23(32-21)30-15-7-14-5-6-34(10-14)11-15/h3-4,8-9,14-15H,5-7,10-11H2,1-2H3,(H,28,31)(H,29,30,32)/t14-,15+/m0/s1. The maximum absolute atomic E-state index is 13.9. The molecule has 6 rings (SSSR count). The molecule has 3 atom stereocenters. The van der Waals surface area contributed by atoms with Crippen LogP contribution in [-0.2, 0) is 6.18 Å². The first kappa shape index (κ1) is 22.0. The Hall–Kier alpha value is -3.47. The Balaban J connectivity index is 1.39. The minimum Gasteiger partial charge on any atom is -0.361 e. The fourth-order valence-corrected chi connectivity index (χ4v) is 5.40. The average Bonchev–Trinajstić information content (AvgIpc) is 3.49. The van der Waals surface area contributed by atoms with Gasteiger partial charge in [-0.2, -0.15) is 13.2 Å². The number of rotatable bonds is 4. The van der Waals surface area contributed by atoms with Crippen molar-refractivity contribution >= 4 is 17.0 Å². The van der Waals surface area contributed by atoms with Gasteiger partial charge in [-0.1, -0.05) is 5.16 Å². The molecule has 0 radical (unpaired) electrons.